The summed E-state index contributed by atoms with van der Waals surface area (Å²) in [5, 5.41) is 0. The van der Waals surface area contributed by atoms with E-state index in [1.807, 2.05) is 0 Å². The molecule has 1 nitrogen and oxygen atoms in total. The first-order chi connectivity index (χ1) is 14.7. The van der Waals surface area contributed by atoms with Gasteiger partial charge >= 0.3 is 0 Å². The molecule has 0 amide bonds. The summed E-state index contributed by atoms with van der Waals surface area (Å²) in [6.07, 6.45) is 27.6. The number of halogens is 1. The van der Waals surface area contributed by atoms with E-state index in [1.54, 1.807) is 89.7 Å². The lowest BCUT2D eigenvalue weighted by Gasteiger charge is -2.42. The number of unbranched alkanes of at least 4 members (excludes halogenated alkanes) is 1. The summed E-state index contributed by atoms with van der Waals surface area (Å²) in [6, 6.07) is 0. The molecule has 4 aliphatic heterocycles. The molecule has 0 aliphatic carbocycles. The van der Waals surface area contributed by atoms with Crippen molar-refractivity contribution in [1.82, 2.24) is 0 Å². The normalized spacial score (nSPS) is 32.3. The molecular formula is C27H52B2BrN. The van der Waals surface area contributed by atoms with Crippen LogP contribution >= 0.6 is 0 Å². The van der Waals surface area contributed by atoms with E-state index in [4.69, 9.17) is 0 Å². The van der Waals surface area contributed by atoms with Crippen molar-refractivity contribution in [3.63, 3.8) is 0 Å². The van der Waals surface area contributed by atoms with E-state index in [0.717, 1.165) is 36.7 Å². The Labute approximate surface area is 206 Å². The van der Waals surface area contributed by atoms with Gasteiger partial charge in [-0.3, -0.25) is 0 Å². The molecule has 0 radical (unpaired) electrons. The fourth-order valence-electron chi connectivity index (χ4n) is 8.86. The third-order valence-electron chi connectivity index (χ3n) is 10.5. The van der Waals surface area contributed by atoms with Crippen LogP contribution < -0.4 is 17.0 Å². The van der Waals surface area contributed by atoms with Crippen LogP contribution in [0.5, 0.6) is 0 Å². The Morgan fingerprint density at radius 2 is 0.903 bits per heavy atom. The van der Waals surface area contributed by atoms with Crippen LogP contribution in [0.1, 0.15) is 110 Å². The van der Waals surface area contributed by atoms with E-state index in [0.29, 0.717) is 0 Å². The Bertz CT molecular complexity index is 433. The van der Waals surface area contributed by atoms with E-state index < -0.39 is 0 Å². The number of hydrogen-bond acceptors (Lipinski definition) is 0. The van der Waals surface area contributed by atoms with Crippen LogP contribution in [-0.2, 0) is 0 Å². The van der Waals surface area contributed by atoms with Crippen LogP contribution in [-0.4, -0.2) is 44.6 Å². The van der Waals surface area contributed by atoms with Crippen molar-refractivity contribution < 1.29 is 21.5 Å². The average molecular weight is 492 g/mol. The van der Waals surface area contributed by atoms with Gasteiger partial charge in [0.2, 0.25) is 0 Å². The summed E-state index contributed by atoms with van der Waals surface area (Å²) in [7, 11) is 2.62. The highest BCUT2D eigenvalue weighted by molar-refractivity contribution is 6.63. The van der Waals surface area contributed by atoms with Crippen molar-refractivity contribution in [2.45, 2.75) is 146 Å². The molecule has 0 aromatic carbocycles. The van der Waals surface area contributed by atoms with Gasteiger partial charge < -0.3 is 21.5 Å². The zero-order valence-corrected chi connectivity index (χ0v) is 22.7. The first-order valence-electron chi connectivity index (χ1n) is 14.5. The van der Waals surface area contributed by atoms with Crippen LogP contribution in [0.4, 0.5) is 0 Å². The van der Waals surface area contributed by atoms with Crippen molar-refractivity contribution in [3.05, 3.63) is 0 Å². The number of nitrogens with zero attached hydrogens (tertiary/aromatic N) is 1. The van der Waals surface area contributed by atoms with E-state index in [-0.39, 0.29) is 17.0 Å². The minimum atomic E-state index is 0. The topological polar surface area (TPSA) is 0 Å². The van der Waals surface area contributed by atoms with Crippen LogP contribution in [0, 0.1) is 0 Å². The summed E-state index contributed by atoms with van der Waals surface area (Å²) < 4.78 is 1.39. The highest BCUT2D eigenvalue weighted by atomic mass is 79.9. The zero-order chi connectivity index (χ0) is 20.8. The van der Waals surface area contributed by atoms with E-state index >= 15 is 0 Å². The van der Waals surface area contributed by atoms with E-state index in [2.05, 4.69) is 14.0 Å². The number of hydrogen-bond donors (Lipinski definition) is 0. The fourth-order valence-corrected chi connectivity index (χ4v) is 8.86. The summed E-state index contributed by atoms with van der Waals surface area (Å²) in [6.45, 7) is 8.96. The summed E-state index contributed by atoms with van der Waals surface area (Å²) in [5.74, 6) is 4.44. The molecule has 4 heteroatoms. The lowest BCUT2D eigenvalue weighted by atomic mass is 9.26. The lowest BCUT2D eigenvalue weighted by molar-refractivity contribution is -0.909. The highest BCUT2D eigenvalue weighted by Gasteiger charge is 2.40. The summed E-state index contributed by atoms with van der Waals surface area (Å²) in [4.78, 5) is 0. The maximum atomic E-state index is 2.62. The molecule has 4 heterocycles. The van der Waals surface area contributed by atoms with Gasteiger partial charge in [0.1, 0.15) is 13.4 Å². The molecule has 0 spiro atoms. The van der Waals surface area contributed by atoms with Gasteiger partial charge in [-0.05, 0) is 19.3 Å². The lowest BCUT2D eigenvalue weighted by Crippen LogP contribution is -3.00. The number of fused-ring (bicyclic) bond motifs is 4. The van der Waals surface area contributed by atoms with Crippen molar-refractivity contribution in [2.24, 2.45) is 0 Å². The second-order valence-electron chi connectivity index (χ2n) is 12.5. The molecule has 0 atom stereocenters. The Kier molecular flexibility index (Phi) is 10.9. The predicted octanol–water partition coefficient (Wildman–Crippen LogP) is 5.22. The van der Waals surface area contributed by atoms with Gasteiger partial charge in [0, 0.05) is 0 Å². The maximum Gasteiger partial charge on any atom is 0.146 e. The zero-order valence-electron chi connectivity index (χ0n) is 21.1. The second-order valence-corrected chi connectivity index (χ2v) is 12.5. The minimum Gasteiger partial charge on any atom is -1.00 e. The predicted molar refractivity (Wildman–Crippen MR) is 136 cm³/mol. The van der Waals surface area contributed by atoms with Crippen LogP contribution in [0.2, 0.25) is 35.9 Å². The van der Waals surface area contributed by atoms with Gasteiger partial charge in [-0.25, -0.2) is 0 Å². The molecule has 4 rings (SSSR count). The van der Waals surface area contributed by atoms with Gasteiger partial charge in [0.25, 0.3) is 0 Å². The molecule has 0 saturated carbocycles. The van der Waals surface area contributed by atoms with Crippen molar-refractivity contribution in [3.8, 4) is 0 Å². The Hall–Kier alpha value is 0.570. The molecule has 4 saturated heterocycles. The van der Waals surface area contributed by atoms with Crippen LogP contribution in [0.15, 0.2) is 0 Å². The van der Waals surface area contributed by atoms with Crippen LogP contribution in [0.25, 0.3) is 0 Å². The molecule has 178 valence electrons. The largest absolute Gasteiger partial charge is 1.00 e. The van der Waals surface area contributed by atoms with Crippen molar-refractivity contribution >= 4 is 13.4 Å². The molecular weight excluding hydrogens is 440 g/mol. The van der Waals surface area contributed by atoms with Gasteiger partial charge in [-0.1, -0.05) is 126 Å². The Morgan fingerprint density at radius 1 is 0.581 bits per heavy atom. The van der Waals surface area contributed by atoms with E-state index in [1.165, 1.54) is 49.8 Å². The average Bonchev–Trinajstić information content (AvgIpc) is 2.72. The van der Waals surface area contributed by atoms with Crippen LogP contribution in [0.3, 0.4) is 0 Å². The Balaban J connectivity index is 0.00000272. The fraction of sp³-hybridized carbons (Fsp3) is 1.00. The standard InChI is InChI=1S/C27H52B2N.BrH/c1-3-4-21-30(2,22-9-19-28-24-11-5-12-25(28)14-6-13-24)23-10-20-29-26-15-7-16-27(29)18-8-17-26;/h24-27H,3-23H2,1-2H3;1H/q+1;/p-1. The first-order valence-corrected chi connectivity index (χ1v) is 14.5. The van der Waals surface area contributed by atoms with Crippen molar-refractivity contribution in [2.75, 3.05) is 26.7 Å². The smallest absolute Gasteiger partial charge is 0.146 e. The minimum absolute atomic E-state index is 0. The SMILES string of the molecule is CCCC[N+](C)(CCCB1C2CCCC1CCC2)CCCB1C2CCCC1CCC2.[Br-]. The molecule has 0 aromatic rings. The van der Waals surface area contributed by atoms with Crippen molar-refractivity contribution in [1.29, 1.82) is 0 Å². The third kappa shape index (κ3) is 7.03. The molecule has 0 unspecified atom stereocenters. The third-order valence-corrected chi connectivity index (χ3v) is 10.5. The van der Waals surface area contributed by atoms with Gasteiger partial charge in [-0.15, -0.1) is 0 Å². The molecule has 31 heavy (non-hydrogen) atoms. The number of quaternary nitrogens is 1. The van der Waals surface area contributed by atoms with E-state index in [9.17, 15) is 0 Å². The van der Waals surface area contributed by atoms with Gasteiger partial charge in [0.15, 0.2) is 0 Å². The van der Waals surface area contributed by atoms with Gasteiger partial charge in [-0.2, -0.15) is 0 Å². The quantitative estimate of drug-likeness (QED) is 0.274. The summed E-state index contributed by atoms with van der Waals surface area (Å²) in [5.41, 5.74) is 0. The molecule has 4 fully saturated rings. The monoisotopic (exact) mass is 491 g/mol. The molecule has 0 N–H and O–H groups in total. The second kappa shape index (κ2) is 12.9. The highest BCUT2D eigenvalue weighted by Crippen LogP contribution is 2.49. The first kappa shape index (κ1) is 26.2. The number of rotatable bonds is 11. The molecule has 4 bridgehead atoms. The van der Waals surface area contributed by atoms with Gasteiger partial charge in [0.05, 0.1) is 26.7 Å². The maximum absolute atomic E-state index is 2.62. The Morgan fingerprint density at radius 3 is 1.23 bits per heavy atom. The molecule has 4 aliphatic rings. The summed E-state index contributed by atoms with van der Waals surface area (Å²) >= 11 is 0. The molecule has 0 aromatic heterocycles.